The summed E-state index contributed by atoms with van der Waals surface area (Å²) in [5.74, 6) is 0. The van der Waals surface area contributed by atoms with Gasteiger partial charge in [0, 0.05) is 17.5 Å². The Kier molecular flexibility index (Phi) is 4.43. The monoisotopic (exact) mass is 329 g/mol. The summed E-state index contributed by atoms with van der Waals surface area (Å²) in [4.78, 5) is 2.57. The van der Waals surface area contributed by atoms with Crippen LogP contribution in [-0.4, -0.2) is 34.7 Å². The molecule has 2 fully saturated rings. The molecule has 3 heterocycles. The molecule has 0 aliphatic carbocycles. The highest BCUT2D eigenvalue weighted by Gasteiger charge is 2.43. The highest BCUT2D eigenvalue weighted by molar-refractivity contribution is 5.85. The lowest BCUT2D eigenvalue weighted by Gasteiger charge is -2.33. The molecule has 0 amide bonds. The summed E-state index contributed by atoms with van der Waals surface area (Å²) in [6.07, 6.45) is 3.80. The van der Waals surface area contributed by atoms with E-state index < -0.39 is 0 Å². The zero-order valence-electron chi connectivity index (χ0n) is 13.9. The molecular weight excluding hydrogens is 306 g/mol. The van der Waals surface area contributed by atoms with Gasteiger partial charge in [0.2, 0.25) is 0 Å². The molecule has 1 aromatic heterocycles. The topological polar surface area (TPSA) is 29.0 Å². The number of rotatable bonds is 2. The maximum absolute atomic E-state index is 4.63. The number of hydrogen-bond acceptors (Lipinski definition) is 3. The van der Waals surface area contributed by atoms with Crippen LogP contribution in [0.15, 0.2) is 30.3 Å². The number of benzene rings is 1. The zero-order chi connectivity index (χ0) is 15.2. The van der Waals surface area contributed by atoms with Crippen molar-refractivity contribution in [2.45, 2.75) is 38.5 Å². The van der Waals surface area contributed by atoms with Gasteiger partial charge in [-0.2, -0.15) is 10.2 Å². The van der Waals surface area contributed by atoms with E-state index in [1.54, 1.807) is 0 Å². The smallest absolute Gasteiger partial charge is 0.0930 e. The molecule has 2 saturated heterocycles. The third-order valence-electron chi connectivity index (χ3n) is 5.29. The van der Waals surface area contributed by atoms with Crippen molar-refractivity contribution < 1.29 is 0 Å². The Bertz CT molecular complexity index is 674. The summed E-state index contributed by atoms with van der Waals surface area (Å²) in [5.41, 5.74) is 6.18. The molecule has 0 N–H and O–H groups in total. The average molecular weight is 330 g/mol. The minimum atomic E-state index is 0. The number of piperidine rings is 1. The average Bonchev–Trinajstić information content (AvgIpc) is 2.82. The van der Waals surface area contributed by atoms with E-state index in [0.29, 0.717) is 0 Å². The first-order valence-electron chi connectivity index (χ1n) is 8.30. The molecule has 2 aliphatic heterocycles. The lowest BCUT2D eigenvalue weighted by atomic mass is 9.78. The molecule has 4 rings (SSSR count). The van der Waals surface area contributed by atoms with Crippen molar-refractivity contribution in [1.82, 2.24) is 15.1 Å². The quantitative estimate of drug-likeness (QED) is 0.836. The molecule has 3 nitrogen and oxygen atoms in total. The molecular formula is C19H24ClN3. The van der Waals surface area contributed by atoms with Crippen LogP contribution in [0.2, 0.25) is 0 Å². The fraction of sp³-hybridized carbons (Fsp3) is 0.474. The van der Waals surface area contributed by atoms with Crippen LogP contribution in [0.3, 0.4) is 0 Å². The first kappa shape index (κ1) is 16.4. The highest BCUT2D eigenvalue weighted by Crippen LogP contribution is 2.41. The second-order valence-electron chi connectivity index (χ2n) is 7.09. The van der Waals surface area contributed by atoms with Gasteiger partial charge in [0.15, 0.2) is 0 Å². The molecule has 1 unspecified atom stereocenters. The Balaban J connectivity index is 0.00000156. The Labute approximate surface area is 144 Å². The van der Waals surface area contributed by atoms with E-state index in [-0.39, 0.29) is 17.8 Å². The van der Waals surface area contributed by atoms with Crippen molar-refractivity contribution >= 4 is 12.4 Å². The summed E-state index contributed by atoms with van der Waals surface area (Å²) in [5, 5.41) is 9.18. The zero-order valence-corrected chi connectivity index (χ0v) is 14.7. The minimum absolute atomic E-state index is 0. The summed E-state index contributed by atoms with van der Waals surface area (Å²) in [6.45, 7) is 7.92. The van der Waals surface area contributed by atoms with Crippen LogP contribution in [0, 0.1) is 13.8 Å². The summed E-state index contributed by atoms with van der Waals surface area (Å²) in [7, 11) is 0. The van der Waals surface area contributed by atoms with Crippen molar-refractivity contribution in [2.75, 3.05) is 19.6 Å². The predicted octanol–water partition coefficient (Wildman–Crippen LogP) is 3.92. The molecule has 4 heteroatoms. The van der Waals surface area contributed by atoms with Gasteiger partial charge in [-0.15, -0.1) is 12.4 Å². The van der Waals surface area contributed by atoms with Gasteiger partial charge < -0.3 is 4.90 Å². The van der Waals surface area contributed by atoms with Crippen LogP contribution in [0.1, 0.15) is 36.1 Å². The predicted molar refractivity (Wildman–Crippen MR) is 96.2 cm³/mol. The number of hydrogen-bond donors (Lipinski definition) is 0. The second kappa shape index (κ2) is 6.21. The van der Waals surface area contributed by atoms with E-state index in [9.17, 15) is 0 Å². The third kappa shape index (κ3) is 3.00. The third-order valence-corrected chi connectivity index (χ3v) is 5.29. The van der Waals surface area contributed by atoms with Crippen molar-refractivity contribution in [2.24, 2.45) is 0 Å². The van der Waals surface area contributed by atoms with Gasteiger partial charge in [-0.1, -0.05) is 17.2 Å². The van der Waals surface area contributed by atoms with Crippen molar-refractivity contribution in [3.8, 4) is 11.3 Å². The molecule has 23 heavy (non-hydrogen) atoms. The number of nitrogens with zero attached hydrogens (tertiary/aromatic N) is 3. The van der Waals surface area contributed by atoms with Crippen LogP contribution in [0.4, 0.5) is 0 Å². The molecule has 1 aromatic carbocycles. The molecule has 0 spiro atoms. The van der Waals surface area contributed by atoms with Gasteiger partial charge in [-0.3, -0.25) is 0 Å². The van der Waals surface area contributed by atoms with Crippen LogP contribution < -0.4 is 0 Å². The Morgan fingerprint density at radius 1 is 0.957 bits per heavy atom. The lowest BCUT2D eigenvalue weighted by Crippen LogP contribution is -2.37. The highest BCUT2D eigenvalue weighted by atomic mass is 35.5. The number of aromatic nitrogens is 2. The second-order valence-corrected chi connectivity index (χ2v) is 7.09. The van der Waals surface area contributed by atoms with Gasteiger partial charge >= 0.3 is 0 Å². The van der Waals surface area contributed by atoms with Gasteiger partial charge in [0.05, 0.1) is 11.4 Å². The van der Waals surface area contributed by atoms with E-state index in [4.69, 9.17) is 0 Å². The van der Waals surface area contributed by atoms with Crippen LogP contribution in [-0.2, 0) is 5.41 Å². The van der Waals surface area contributed by atoms with Crippen LogP contribution in [0.25, 0.3) is 11.3 Å². The van der Waals surface area contributed by atoms with E-state index in [1.165, 1.54) is 61.3 Å². The summed E-state index contributed by atoms with van der Waals surface area (Å²) in [6, 6.07) is 10.9. The molecule has 2 atom stereocenters. The van der Waals surface area contributed by atoms with Crippen molar-refractivity contribution in [3.05, 3.63) is 47.2 Å². The van der Waals surface area contributed by atoms with Crippen LogP contribution >= 0.6 is 12.4 Å². The fourth-order valence-electron chi connectivity index (χ4n) is 4.22. The largest absolute Gasteiger partial charge is 0.302 e. The normalized spacial score (nSPS) is 25.9. The SMILES string of the molecule is Cc1cc(C)cc(-c2ccc([C@@]34CCCN(CC3)C4)nn2)c1.Cl. The molecule has 0 saturated carbocycles. The Hall–Kier alpha value is -1.45. The molecule has 2 aromatic rings. The first-order valence-corrected chi connectivity index (χ1v) is 8.30. The molecule has 122 valence electrons. The van der Waals surface area contributed by atoms with Crippen molar-refractivity contribution in [1.29, 1.82) is 0 Å². The number of fused-ring (bicyclic) bond motifs is 2. The standard InChI is InChI=1S/C19H23N3.ClH/c1-14-10-15(2)12-16(11-14)17-4-5-18(21-20-17)19-6-3-8-22(13-19)9-7-19;/h4-5,10-12H,3,6-9,13H2,1-2H3;1H/t19-;/m0./s1. The van der Waals surface area contributed by atoms with Gasteiger partial charge in [-0.05, 0) is 70.5 Å². The number of halogens is 1. The van der Waals surface area contributed by atoms with E-state index in [1.807, 2.05) is 0 Å². The van der Waals surface area contributed by atoms with Crippen molar-refractivity contribution in [3.63, 3.8) is 0 Å². The first-order chi connectivity index (χ1) is 10.6. The maximum Gasteiger partial charge on any atom is 0.0930 e. The van der Waals surface area contributed by atoms with E-state index >= 15 is 0 Å². The Morgan fingerprint density at radius 2 is 1.74 bits per heavy atom. The molecule has 0 radical (unpaired) electrons. The fourth-order valence-corrected chi connectivity index (χ4v) is 4.22. The minimum Gasteiger partial charge on any atom is -0.302 e. The van der Waals surface area contributed by atoms with Gasteiger partial charge in [0.1, 0.15) is 0 Å². The van der Waals surface area contributed by atoms with Gasteiger partial charge in [0.25, 0.3) is 0 Å². The van der Waals surface area contributed by atoms with Gasteiger partial charge in [-0.25, -0.2) is 0 Å². The lowest BCUT2D eigenvalue weighted by molar-refractivity contribution is 0.239. The number of aryl methyl sites for hydroxylation is 2. The summed E-state index contributed by atoms with van der Waals surface area (Å²) >= 11 is 0. The van der Waals surface area contributed by atoms with E-state index in [2.05, 4.69) is 59.3 Å². The Morgan fingerprint density at radius 3 is 2.43 bits per heavy atom. The van der Waals surface area contributed by atoms with Crippen LogP contribution in [0.5, 0.6) is 0 Å². The molecule has 2 aliphatic rings. The maximum atomic E-state index is 4.63. The van der Waals surface area contributed by atoms with E-state index in [0.717, 1.165) is 5.69 Å². The molecule has 2 bridgehead atoms. The summed E-state index contributed by atoms with van der Waals surface area (Å²) < 4.78 is 0.